The Balaban J connectivity index is 1.89. The molecule has 0 unspecified atom stereocenters. The van der Waals surface area contributed by atoms with Crippen LogP contribution in [0.1, 0.15) is 29.6 Å². The molecule has 31 heavy (non-hydrogen) atoms. The Labute approximate surface area is 185 Å². The van der Waals surface area contributed by atoms with Gasteiger partial charge in [0.2, 0.25) is 11.8 Å². The normalized spacial score (nSPS) is 10.6. The van der Waals surface area contributed by atoms with Crippen LogP contribution in [0.15, 0.2) is 40.8 Å². The predicted octanol–water partition coefficient (Wildman–Crippen LogP) is 4.47. The summed E-state index contributed by atoms with van der Waals surface area (Å²) in [5, 5.41) is 8.67. The van der Waals surface area contributed by atoms with Gasteiger partial charge in [0.15, 0.2) is 11.5 Å². The average Bonchev–Trinajstić information content (AvgIpc) is 3.25. The molecule has 0 aliphatic carbocycles. The molecular formula is C22H24ClN3O5. The molecule has 1 amide bonds. The number of methoxy groups -OCH3 is 3. The highest BCUT2D eigenvalue weighted by atomic mass is 35.5. The van der Waals surface area contributed by atoms with Gasteiger partial charge in [-0.25, -0.2) is 0 Å². The number of carbonyl (C=O) groups is 1. The Morgan fingerprint density at radius 1 is 1.03 bits per heavy atom. The topological polar surface area (TPSA) is 86.9 Å². The third-order valence-electron chi connectivity index (χ3n) is 4.61. The maximum absolute atomic E-state index is 13.4. The van der Waals surface area contributed by atoms with E-state index in [-0.39, 0.29) is 12.5 Å². The lowest BCUT2D eigenvalue weighted by atomic mass is 10.1. The minimum atomic E-state index is -0.253. The van der Waals surface area contributed by atoms with E-state index in [9.17, 15) is 4.79 Å². The summed E-state index contributed by atoms with van der Waals surface area (Å²) in [6, 6.07) is 10.4. The van der Waals surface area contributed by atoms with Gasteiger partial charge in [-0.2, -0.15) is 0 Å². The van der Waals surface area contributed by atoms with Crippen LogP contribution in [0.3, 0.4) is 0 Å². The zero-order valence-electron chi connectivity index (χ0n) is 17.8. The molecule has 0 aliphatic rings. The summed E-state index contributed by atoms with van der Waals surface area (Å²) in [6.45, 7) is 2.61. The van der Waals surface area contributed by atoms with Crippen LogP contribution in [0.2, 0.25) is 5.02 Å². The molecule has 8 nitrogen and oxygen atoms in total. The third kappa shape index (κ3) is 4.91. The lowest BCUT2D eigenvalue weighted by Crippen LogP contribution is -2.31. The molecule has 1 heterocycles. The Morgan fingerprint density at radius 2 is 1.71 bits per heavy atom. The van der Waals surface area contributed by atoms with Crippen LogP contribution >= 0.6 is 11.6 Å². The second kappa shape index (κ2) is 10.2. The molecule has 0 bridgehead atoms. The van der Waals surface area contributed by atoms with Crippen molar-refractivity contribution in [1.82, 2.24) is 15.1 Å². The first-order valence-electron chi connectivity index (χ1n) is 9.68. The van der Waals surface area contributed by atoms with Gasteiger partial charge in [-0.05, 0) is 18.6 Å². The van der Waals surface area contributed by atoms with Crippen molar-refractivity contribution < 1.29 is 23.4 Å². The molecular weight excluding hydrogens is 422 g/mol. The molecule has 0 radical (unpaired) electrons. The number of nitrogens with zero attached hydrogens (tertiary/aromatic N) is 3. The van der Waals surface area contributed by atoms with Crippen LogP contribution in [0, 0.1) is 0 Å². The van der Waals surface area contributed by atoms with Crippen LogP contribution in [0.4, 0.5) is 0 Å². The van der Waals surface area contributed by atoms with Crippen molar-refractivity contribution in [3.05, 3.63) is 52.9 Å². The molecule has 164 valence electrons. The van der Waals surface area contributed by atoms with E-state index in [4.69, 9.17) is 30.2 Å². The molecule has 2 aromatic carbocycles. The van der Waals surface area contributed by atoms with E-state index in [2.05, 4.69) is 10.2 Å². The molecule has 0 saturated heterocycles. The van der Waals surface area contributed by atoms with Crippen LogP contribution in [0.25, 0.3) is 11.5 Å². The van der Waals surface area contributed by atoms with E-state index < -0.39 is 0 Å². The number of hydrogen-bond donors (Lipinski definition) is 0. The number of halogens is 1. The maximum atomic E-state index is 13.4. The number of hydrogen-bond acceptors (Lipinski definition) is 7. The zero-order chi connectivity index (χ0) is 22.4. The number of benzene rings is 2. The third-order valence-corrected chi connectivity index (χ3v) is 4.94. The van der Waals surface area contributed by atoms with Gasteiger partial charge >= 0.3 is 0 Å². The van der Waals surface area contributed by atoms with Crippen LogP contribution in [-0.2, 0) is 6.54 Å². The van der Waals surface area contributed by atoms with Crippen LogP contribution in [-0.4, -0.2) is 48.9 Å². The molecule has 0 aliphatic heterocycles. The van der Waals surface area contributed by atoms with Crippen LogP contribution in [0.5, 0.6) is 17.2 Å². The monoisotopic (exact) mass is 445 g/mol. The predicted molar refractivity (Wildman–Crippen MR) is 116 cm³/mol. The van der Waals surface area contributed by atoms with E-state index in [0.717, 1.165) is 6.42 Å². The largest absolute Gasteiger partial charge is 0.496 e. The van der Waals surface area contributed by atoms with Gasteiger partial charge in [-0.15, -0.1) is 10.2 Å². The summed E-state index contributed by atoms with van der Waals surface area (Å²) in [4.78, 5) is 15.0. The maximum Gasteiger partial charge on any atom is 0.258 e. The van der Waals surface area contributed by atoms with Crippen molar-refractivity contribution in [2.24, 2.45) is 0 Å². The second-order valence-electron chi connectivity index (χ2n) is 6.61. The molecule has 0 saturated carbocycles. The summed E-state index contributed by atoms with van der Waals surface area (Å²) < 4.78 is 21.8. The molecule has 3 rings (SSSR count). The van der Waals surface area contributed by atoms with Gasteiger partial charge in [-0.3, -0.25) is 4.79 Å². The van der Waals surface area contributed by atoms with Crippen molar-refractivity contribution in [1.29, 1.82) is 0 Å². The molecule has 0 spiro atoms. The number of amides is 1. The average molecular weight is 446 g/mol. The summed E-state index contributed by atoms with van der Waals surface area (Å²) in [7, 11) is 4.53. The lowest BCUT2D eigenvalue weighted by molar-refractivity contribution is 0.0724. The summed E-state index contributed by atoms with van der Waals surface area (Å²) in [5.41, 5.74) is 0.984. The van der Waals surface area contributed by atoms with Crippen LogP contribution < -0.4 is 14.2 Å². The van der Waals surface area contributed by atoms with Crippen molar-refractivity contribution >= 4 is 17.5 Å². The minimum Gasteiger partial charge on any atom is -0.496 e. The van der Waals surface area contributed by atoms with Gasteiger partial charge in [-0.1, -0.05) is 30.7 Å². The molecule has 0 atom stereocenters. The van der Waals surface area contributed by atoms with E-state index in [1.165, 1.54) is 21.3 Å². The van der Waals surface area contributed by atoms with Gasteiger partial charge in [0.05, 0.1) is 44.0 Å². The first-order chi connectivity index (χ1) is 15.0. The number of carbonyl (C=O) groups excluding carboxylic acids is 1. The number of rotatable bonds is 9. The molecule has 9 heteroatoms. The Morgan fingerprint density at radius 3 is 2.35 bits per heavy atom. The van der Waals surface area contributed by atoms with Crippen molar-refractivity contribution in [3.8, 4) is 28.7 Å². The lowest BCUT2D eigenvalue weighted by Gasteiger charge is -2.22. The van der Waals surface area contributed by atoms with E-state index in [1.54, 1.807) is 29.2 Å². The molecule has 1 aromatic heterocycles. The highest BCUT2D eigenvalue weighted by Crippen LogP contribution is 2.35. The fourth-order valence-corrected chi connectivity index (χ4v) is 3.33. The zero-order valence-corrected chi connectivity index (χ0v) is 18.6. The van der Waals surface area contributed by atoms with Crippen molar-refractivity contribution in [2.45, 2.75) is 19.9 Å². The second-order valence-corrected chi connectivity index (χ2v) is 7.02. The first-order valence-corrected chi connectivity index (χ1v) is 10.1. The fourth-order valence-electron chi connectivity index (χ4n) is 3.11. The highest BCUT2D eigenvalue weighted by molar-refractivity contribution is 6.33. The summed E-state index contributed by atoms with van der Waals surface area (Å²) in [5.74, 6) is 1.63. The van der Waals surface area contributed by atoms with Gasteiger partial charge < -0.3 is 23.5 Å². The van der Waals surface area contributed by atoms with E-state index >= 15 is 0 Å². The minimum absolute atomic E-state index is 0.141. The Kier molecular flexibility index (Phi) is 7.36. The van der Waals surface area contributed by atoms with E-state index in [0.29, 0.717) is 51.7 Å². The van der Waals surface area contributed by atoms with Crippen molar-refractivity contribution in [3.63, 3.8) is 0 Å². The fraction of sp³-hybridized carbons (Fsp3) is 0.318. The molecule has 3 aromatic rings. The molecule has 0 fully saturated rings. The van der Waals surface area contributed by atoms with E-state index in [1.807, 2.05) is 19.1 Å². The Bertz CT molecular complexity index is 1050. The van der Waals surface area contributed by atoms with Gasteiger partial charge in [0.25, 0.3) is 5.91 Å². The summed E-state index contributed by atoms with van der Waals surface area (Å²) in [6.07, 6.45) is 0.743. The standard InChI is InChI=1S/C22H24ClN3O5/c1-5-10-26(13-20-24-25-21(31-20)14-8-6-7-9-16(14)23)22(27)15-11-18(29-3)19(30-4)12-17(15)28-2/h6-9,11-12H,5,10,13H2,1-4H3. The quantitative estimate of drug-likeness (QED) is 0.480. The number of aromatic nitrogens is 2. The Hall–Kier alpha value is -3.26. The summed E-state index contributed by atoms with van der Waals surface area (Å²) >= 11 is 6.21. The van der Waals surface area contributed by atoms with Gasteiger partial charge in [0.1, 0.15) is 5.75 Å². The highest BCUT2D eigenvalue weighted by Gasteiger charge is 2.24. The SMILES string of the molecule is CCCN(Cc1nnc(-c2ccccc2Cl)o1)C(=O)c1cc(OC)c(OC)cc1OC. The number of ether oxygens (including phenoxy) is 3. The molecule has 0 N–H and O–H groups in total. The van der Waals surface area contributed by atoms with Gasteiger partial charge in [0, 0.05) is 18.7 Å². The smallest absolute Gasteiger partial charge is 0.258 e. The van der Waals surface area contributed by atoms with Crippen molar-refractivity contribution in [2.75, 3.05) is 27.9 Å². The first kappa shape index (κ1) is 22.4.